The Bertz CT molecular complexity index is 1250. The fourth-order valence-corrected chi connectivity index (χ4v) is 5.22. The molecule has 2 fully saturated rings. The molecule has 7 nitrogen and oxygen atoms in total. The summed E-state index contributed by atoms with van der Waals surface area (Å²) < 4.78 is 5.30. The lowest BCUT2D eigenvalue weighted by molar-refractivity contribution is 0.0951. The van der Waals surface area contributed by atoms with Crippen molar-refractivity contribution in [1.29, 1.82) is 0 Å². The van der Waals surface area contributed by atoms with E-state index in [0.717, 1.165) is 72.8 Å². The van der Waals surface area contributed by atoms with Gasteiger partial charge in [0.25, 0.3) is 5.91 Å². The molecule has 1 aromatic heterocycles. The molecule has 1 N–H and O–H groups in total. The summed E-state index contributed by atoms with van der Waals surface area (Å²) in [6.45, 7) is 10.3. The molecule has 1 saturated heterocycles. The van der Waals surface area contributed by atoms with Crippen LogP contribution in [0.3, 0.4) is 0 Å². The van der Waals surface area contributed by atoms with Gasteiger partial charge in [-0.1, -0.05) is 44.7 Å². The summed E-state index contributed by atoms with van der Waals surface area (Å²) in [5, 5.41) is 3.84. The normalized spacial score (nSPS) is 15.9. The van der Waals surface area contributed by atoms with Crippen LogP contribution in [0.25, 0.3) is 0 Å². The molecule has 38 heavy (non-hydrogen) atoms. The first-order valence-electron chi connectivity index (χ1n) is 13.3. The topological polar surface area (TPSA) is 70.6 Å². The van der Waals surface area contributed by atoms with Gasteiger partial charge in [0.05, 0.1) is 12.8 Å². The highest BCUT2D eigenvalue weighted by atomic mass is 32.2. The van der Waals surface area contributed by atoms with E-state index < -0.39 is 0 Å². The van der Waals surface area contributed by atoms with Crippen molar-refractivity contribution >= 4 is 29.2 Å². The van der Waals surface area contributed by atoms with Gasteiger partial charge in [-0.15, -0.1) is 0 Å². The molecule has 2 aromatic carbocycles. The first-order valence-corrected chi connectivity index (χ1v) is 14.3. The SMILES string of the molecule is COc1ccc(N2CCN(c3cc(C(C)(C)C)nc(SCc4ccc(C(=O)NC5CC5)cc4)n3)CC2)cc1. The van der Waals surface area contributed by atoms with Crippen molar-refractivity contribution in [3.05, 3.63) is 71.4 Å². The van der Waals surface area contributed by atoms with Crippen molar-refractivity contribution in [3.63, 3.8) is 0 Å². The Balaban J connectivity index is 1.25. The minimum Gasteiger partial charge on any atom is -0.497 e. The summed E-state index contributed by atoms with van der Waals surface area (Å²) in [5.74, 6) is 2.64. The predicted octanol–water partition coefficient (Wildman–Crippen LogP) is 5.29. The number of methoxy groups -OCH3 is 1. The summed E-state index contributed by atoms with van der Waals surface area (Å²) in [6.07, 6.45) is 2.18. The van der Waals surface area contributed by atoms with E-state index in [9.17, 15) is 4.79 Å². The number of thioether (sulfide) groups is 1. The molecule has 0 unspecified atom stereocenters. The number of carbonyl (C=O) groups is 1. The third-order valence-electron chi connectivity index (χ3n) is 7.00. The van der Waals surface area contributed by atoms with E-state index in [1.807, 2.05) is 36.4 Å². The number of ether oxygens (including phenoxy) is 1. The lowest BCUT2D eigenvalue weighted by Crippen LogP contribution is -2.47. The molecule has 1 amide bonds. The van der Waals surface area contributed by atoms with Crippen molar-refractivity contribution in [3.8, 4) is 5.75 Å². The molecule has 0 spiro atoms. The second-order valence-corrected chi connectivity index (χ2v) is 12.0. The molecule has 200 valence electrons. The maximum atomic E-state index is 12.3. The number of nitrogens with zero attached hydrogens (tertiary/aromatic N) is 4. The van der Waals surface area contributed by atoms with Gasteiger partial charge >= 0.3 is 0 Å². The number of amides is 1. The van der Waals surface area contributed by atoms with Gasteiger partial charge in [-0.2, -0.15) is 0 Å². The highest BCUT2D eigenvalue weighted by Gasteiger charge is 2.25. The number of hydrogen-bond donors (Lipinski definition) is 1. The molecule has 5 rings (SSSR count). The largest absolute Gasteiger partial charge is 0.497 e. The smallest absolute Gasteiger partial charge is 0.251 e. The van der Waals surface area contributed by atoms with Gasteiger partial charge in [-0.05, 0) is 54.8 Å². The number of rotatable bonds is 8. The molecule has 0 bridgehead atoms. The lowest BCUT2D eigenvalue weighted by atomic mass is 9.92. The number of aromatic nitrogens is 2. The first-order chi connectivity index (χ1) is 18.3. The zero-order chi connectivity index (χ0) is 26.7. The third kappa shape index (κ3) is 6.59. The Morgan fingerprint density at radius 1 is 0.974 bits per heavy atom. The standard InChI is InChI=1S/C30H37N5O2S/c1-30(2,3)26-19-27(35-17-15-34(16-18-35)24-11-13-25(37-4)14-12-24)33-29(32-26)38-20-21-5-7-22(8-6-21)28(36)31-23-9-10-23/h5-8,11-14,19,23H,9-10,15-18,20H2,1-4H3,(H,31,36). The molecular formula is C30H37N5O2S. The van der Waals surface area contributed by atoms with Crippen LogP contribution in [0.15, 0.2) is 59.8 Å². The van der Waals surface area contributed by atoms with Crippen molar-refractivity contribution in [2.45, 2.75) is 56.0 Å². The van der Waals surface area contributed by atoms with E-state index in [1.54, 1.807) is 18.9 Å². The predicted molar refractivity (Wildman–Crippen MR) is 155 cm³/mol. The number of piperazine rings is 1. The van der Waals surface area contributed by atoms with Crippen molar-refractivity contribution in [1.82, 2.24) is 15.3 Å². The van der Waals surface area contributed by atoms with Gasteiger partial charge in [0.2, 0.25) is 0 Å². The second-order valence-electron chi connectivity index (χ2n) is 11.0. The summed E-state index contributed by atoms with van der Waals surface area (Å²) in [7, 11) is 1.69. The van der Waals surface area contributed by atoms with Crippen LogP contribution in [0.4, 0.5) is 11.5 Å². The van der Waals surface area contributed by atoms with Crippen LogP contribution in [0.1, 0.15) is 55.2 Å². The molecule has 8 heteroatoms. The Kier molecular flexibility index (Phi) is 7.79. The van der Waals surface area contributed by atoms with Gasteiger partial charge < -0.3 is 19.9 Å². The molecule has 0 atom stereocenters. The molecule has 1 saturated carbocycles. The number of anilines is 2. The quantitative estimate of drug-likeness (QED) is 0.313. The monoisotopic (exact) mass is 531 g/mol. The average molecular weight is 532 g/mol. The maximum Gasteiger partial charge on any atom is 0.251 e. The summed E-state index contributed by atoms with van der Waals surface area (Å²) in [4.78, 5) is 26.9. The zero-order valence-electron chi connectivity index (χ0n) is 22.7. The molecular weight excluding hydrogens is 494 g/mol. The summed E-state index contributed by atoms with van der Waals surface area (Å²) in [5.41, 5.74) is 4.06. The lowest BCUT2D eigenvalue weighted by Gasteiger charge is -2.37. The van der Waals surface area contributed by atoms with Crippen molar-refractivity contribution in [2.75, 3.05) is 43.1 Å². The Hall–Kier alpha value is -3.26. The van der Waals surface area contributed by atoms with Gasteiger partial charge in [0.15, 0.2) is 5.16 Å². The molecule has 2 aliphatic rings. The van der Waals surface area contributed by atoms with Crippen LogP contribution in [0.5, 0.6) is 5.75 Å². The molecule has 1 aliphatic carbocycles. The van der Waals surface area contributed by atoms with E-state index in [-0.39, 0.29) is 11.3 Å². The van der Waals surface area contributed by atoms with Gasteiger partial charge in [-0.25, -0.2) is 9.97 Å². The highest BCUT2D eigenvalue weighted by Crippen LogP contribution is 2.30. The van der Waals surface area contributed by atoms with E-state index in [2.05, 4.69) is 54.1 Å². The Morgan fingerprint density at radius 2 is 1.63 bits per heavy atom. The minimum atomic E-state index is -0.0749. The fraction of sp³-hybridized carbons (Fsp3) is 0.433. The van der Waals surface area contributed by atoms with Crippen LogP contribution in [-0.2, 0) is 11.2 Å². The van der Waals surface area contributed by atoms with Crippen LogP contribution in [0, 0.1) is 0 Å². The van der Waals surface area contributed by atoms with Gasteiger partial charge in [0, 0.05) is 60.7 Å². The zero-order valence-corrected chi connectivity index (χ0v) is 23.6. The molecule has 1 aliphatic heterocycles. The molecule has 2 heterocycles. The summed E-state index contributed by atoms with van der Waals surface area (Å²) in [6, 6.07) is 18.7. The van der Waals surface area contributed by atoms with Gasteiger partial charge in [-0.3, -0.25) is 4.79 Å². The maximum absolute atomic E-state index is 12.3. The number of hydrogen-bond acceptors (Lipinski definition) is 7. The highest BCUT2D eigenvalue weighted by molar-refractivity contribution is 7.98. The molecule has 0 radical (unpaired) electrons. The summed E-state index contributed by atoms with van der Waals surface area (Å²) >= 11 is 1.65. The van der Waals surface area contributed by atoms with Crippen molar-refractivity contribution < 1.29 is 9.53 Å². The van der Waals surface area contributed by atoms with E-state index in [1.165, 1.54) is 5.69 Å². The Labute approximate surface area is 230 Å². The average Bonchev–Trinajstić information content (AvgIpc) is 3.76. The van der Waals surface area contributed by atoms with Crippen LogP contribution < -0.4 is 19.9 Å². The number of nitrogens with one attached hydrogen (secondary N) is 1. The minimum absolute atomic E-state index is 0.0182. The third-order valence-corrected chi connectivity index (χ3v) is 7.92. The van der Waals surface area contributed by atoms with E-state index in [4.69, 9.17) is 14.7 Å². The van der Waals surface area contributed by atoms with Crippen LogP contribution in [-0.4, -0.2) is 55.2 Å². The second kappa shape index (κ2) is 11.2. The fourth-order valence-electron chi connectivity index (χ4n) is 4.41. The number of carbonyl (C=O) groups excluding carboxylic acids is 1. The van der Waals surface area contributed by atoms with Gasteiger partial charge in [0.1, 0.15) is 11.6 Å². The van der Waals surface area contributed by atoms with E-state index in [0.29, 0.717) is 11.6 Å². The Morgan fingerprint density at radius 3 is 2.24 bits per heavy atom. The van der Waals surface area contributed by atoms with E-state index >= 15 is 0 Å². The van der Waals surface area contributed by atoms with Crippen LogP contribution in [0.2, 0.25) is 0 Å². The van der Waals surface area contributed by atoms with Crippen LogP contribution >= 0.6 is 11.8 Å². The van der Waals surface area contributed by atoms with Crippen molar-refractivity contribution in [2.24, 2.45) is 0 Å². The first kappa shape index (κ1) is 26.4. The molecule has 3 aromatic rings. The number of benzene rings is 2.